The van der Waals surface area contributed by atoms with Gasteiger partial charge < -0.3 is 19.3 Å². The molecular weight excluding hydrogens is 350 g/mol. The van der Waals surface area contributed by atoms with Crippen molar-refractivity contribution < 1.29 is 23.6 Å². The lowest BCUT2D eigenvalue weighted by molar-refractivity contribution is -0.146. The van der Waals surface area contributed by atoms with Crippen LogP contribution in [-0.4, -0.2) is 29.1 Å². The third-order valence-corrected chi connectivity index (χ3v) is 3.72. The van der Waals surface area contributed by atoms with Gasteiger partial charge in [0.15, 0.2) is 12.4 Å². The third kappa shape index (κ3) is 6.73. The lowest BCUT2D eigenvalue weighted by atomic mass is 10.0. The summed E-state index contributed by atoms with van der Waals surface area (Å²) in [6.45, 7) is 5.41. The fourth-order valence-electron chi connectivity index (χ4n) is 2.50. The topological polar surface area (TPSA) is 104 Å². The van der Waals surface area contributed by atoms with Crippen molar-refractivity contribution in [3.8, 4) is 5.75 Å². The summed E-state index contributed by atoms with van der Waals surface area (Å²) in [5, 5.41) is 6.61. The minimum Gasteiger partial charge on any atom is -0.497 e. The van der Waals surface area contributed by atoms with Crippen molar-refractivity contribution in [3.05, 3.63) is 41.5 Å². The molecule has 1 amide bonds. The van der Waals surface area contributed by atoms with Gasteiger partial charge in [-0.25, -0.2) is 0 Å². The SMILES string of the molecule is COc1ccc(C(CC(=O)OCc2nc(CC(C)C)no2)NC(C)=O)cc1. The van der Waals surface area contributed by atoms with Gasteiger partial charge in [-0.1, -0.05) is 31.1 Å². The Morgan fingerprint density at radius 1 is 1.22 bits per heavy atom. The summed E-state index contributed by atoms with van der Waals surface area (Å²) in [7, 11) is 1.57. The van der Waals surface area contributed by atoms with E-state index in [0.29, 0.717) is 23.9 Å². The molecule has 0 fully saturated rings. The number of hydrogen-bond donors (Lipinski definition) is 1. The molecule has 2 aromatic rings. The molecule has 146 valence electrons. The number of aromatic nitrogens is 2. The van der Waals surface area contributed by atoms with Crippen molar-refractivity contribution in [2.45, 2.75) is 46.3 Å². The molecule has 27 heavy (non-hydrogen) atoms. The van der Waals surface area contributed by atoms with Gasteiger partial charge in [0.05, 0.1) is 19.6 Å². The highest BCUT2D eigenvalue weighted by molar-refractivity contribution is 5.76. The van der Waals surface area contributed by atoms with Crippen molar-refractivity contribution in [1.82, 2.24) is 15.5 Å². The first-order valence-corrected chi connectivity index (χ1v) is 8.75. The predicted molar refractivity (Wildman–Crippen MR) is 96.8 cm³/mol. The van der Waals surface area contributed by atoms with Crippen molar-refractivity contribution in [3.63, 3.8) is 0 Å². The molecule has 0 aliphatic rings. The smallest absolute Gasteiger partial charge is 0.308 e. The standard InChI is InChI=1S/C19H25N3O5/c1-12(2)9-17-21-18(27-22-17)11-26-19(24)10-16(20-13(3)23)14-5-7-15(25-4)8-6-14/h5-8,12,16H,9-11H2,1-4H3,(H,20,23). The Bertz CT molecular complexity index is 755. The van der Waals surface area contributed by atoms with E-state index in [1.54, 1.807) is 31.4 Å². The molecule has 8 heteroatoms. The Kier molecular flexibility index (Phi) is 7.34. The van der Waals surface area contributed by atoms with Crippen LogP contribution in [0.5, 0.6) is 5.75 Å². The molecular formula is C19H25N3O5. The molecule has 1 heterocycles. The quantitative estimate of drug-likeness (QED) is 0.672. The van der Waals surface area contributed by atoms with Crippen molar-refractivity contribution in [1.29, 1.82) is 0 Å². The minimum atomic E-state index is -0.500. The molecule has 1 aromatic heterocycles. The molecule has 0 aliphatic heterocycles. The zero-order valence-electron chi connectivity index (χ0n) is 16.0. The molecule has 0 spiro atoms. The maximum atomic E-state index is 12.2. The normalized spacial score (nSPS) is 11.9. The van der Waals surface area contributed by atoms with Crippen LogP contribution in [0.15, 0.2) is 28.8 Å². The van der Waals surface area contributed by atoms with E-state index in [2.05, 4.69) is 29.3 Å². The van der Waals surface area contributed by atoms with E-state index in [1.165, 1.54) is 6.92 Å². The molecule has 0 saturated carbocycles. The third-order valence-electron chi connectivity index (χ3n) is 3.72. The number of esters is 1. The van der Waals surface area contributed by atoms with Crippen LogP contribution in [0, 0.1) is 5.92 Å². The highest BCUT2D eigenvalue weighted by Crippen LogP contribution is 2.21. The number of carbonyl (C=O) groups excluding carboxylic acids is 2. The van der Waals surface area contributed by atoms with Crippen LogP contribution in [0.25, 0.3) is 0 Å². The van der Waals surface area contributed by atoms with Gasteiger partial charge in [0.25, 0.3) is 5.89 Å². The van der Waals surface area contributed by atoms with Crippen LogP contribution in [0.1, 0.15) is 50.5 Å². The van der Waals surface area contributed by atoms with Crippen LogP contribution in [0.3, 0.4) is 0 Å². The van der Waals surface area contributed by atoms with Crippen LogP contribution < -0.4 is 10.1 Å². The van der Waals surface area contributed by atoms with Gasteiger partial charge in [0, 0.05) is 13.3 Å². The Balaban J connectivity index is 1.94. The van der Waals surface area contributed by atoms with Crippen molar-refractivity contribution in [2.24, 2.45) is 5.92 Å². The lowest BCUT2D eigenvalue weighted by Gasteiger charge is -2.17. The van der Waals surface area contributed by atoms with Crippen molar-refractivity contribution in [2.75, 3.05) is 7.11 Å². The first-order valence-electron chi connectivity index (χ1n) is 8.75. The number of hydrogen-bond acceptors (Lipinski definition) is 7. The van der Waals surface area contributed by atoms with E-state index in [-0.39, 0.29) is 24.8 Å². The Hall–Kier alpha value is -2.90. The molecule has 0 radical (unpaired) electrons. The fraction of sp³-hybridized carbons (Fsp3) is 0.474. The lowest BCUT2D eigenvalue weighted by Crippen LogP contribution is -2.28. The fourth-order valence-corrected chi connectivity index (χ4v) is 2.50. The zero-order chi connectivity index (χ0) is 19.8. The summed E-state index contributed by atoms with van der Waals surface area (Å²) < 4.78 is 15.4. The van der Waals surface area contributed by atoms with E-state index < -0.39 is 12.0 Å². The number of nitrogens with one attached hydrogen (secondary N) is 1. The molecule has 0 bridgehead atoms. The molecule has 1 atom stereocenters. The number of benzene rings is 1. The maximum absolute atomic E-state index is 12.2. The van der Waals surface area contributed by atoms with Crippen LogP contribution in [0.4, 0.5) is 0 Å². The number of amides is 1. The highest BCUT2D eigenvalue weighted by atomic mass is 16.6. The predicted octanol–water partition coefficient (Wildman–Crippen LogP) is 2.59. The van der Waals surface area contributed by atoms with E-state index in [0.717, 1.165) is 5.56 Å². The van der Waals surface area contributed by atoms with Gasteiger partial charge in [-0.05, 0) is 23.6 Å². The summed E-state index contributed by atoms with van der Waals surface area (Å²) in [4.78, 5) is 27.9. The minimum absolute atomic E-state index is 0.0150. The van der Waals surface area contributed by atoms with E-state index >= 15 is 0 Å². The van der Waals surface area contributed by atoms with Gasteiger partial charge in [-0.3, -0.25) is 9.59 Å². The first kappa shape index (κ1) is 20.4. The largest absolute Gasteiger partial charge is 0.497 e. The number of methoxy groups -OCH3 is 1. The number of carbonyl (C=O) groups is 2. The van der Waals surface area contributed by atoms with Gasteiger partial charge in [0.2, 0.25) is 5.91 Å². The average molecular weight is 375 g/mol. The van der Waals surface area contributed by atoms with Crippen molar-refractivity contribution >= 4 is 11.9 Å². The average Bonchev–Trinajstić information content (AvgIpc) is 3.06. The maximum Gasteiger partial charge on any atom is 0.308 e. The second kappa shape index (κ2) is 9.70. The molecule has 0 aliphatic carbocycles. The van der Waals surface area contributed by atoms with Crippen LogP contribution >= 0.6 is 0 Å². The Morgan fingerprint density at radius 3 is 2.52 bits per heavy atom. The zero-order valence-corrected chi connectivity index (χ0v) is 16.0. The number of ether oxygens (including phenoxy) is 2. The molecule has 1 aromatic carbocycles. The van der Waals surface area contributed by atoms with Gasteiger partial charge in [0.1, 0.15) is 5.75 Å². The van der Waals surface area contributed by atoms with Crippen LogP contribution in [-0.2, 0) is 27.4 Å². The van der Waals surface area contributed by atoms with Gasteiger partial charge >= 0.3 is 5.97 Å². The highest BCUT2D eigenvalue weighted by Gasteiger charge is 2.19. The van der Waals surface area contributed by atoms with E-state index in [1.807, 2.05) is 0 Å². The van der Waals surface area contributed by atoms with Gasteiger partial charge in [-0.2, -0.15) is 4.98 Å². The molecule has 1 N–H and O–H groups in total. The summed E-state index contributed by atoms with van der Waals surface area (Å²) in [5.41, 5.74) is 0.778. The number of rotatable bonds is 9. The summed E-state index contributed by atoms with van der Waals surface area (Å²) >= 11 is 0. The Labute approximate surface area is 158 Å². The molecule has 8 nitrogen and oxygen atoms in total. The molecule has 0 saturated heterocycles. The first-order chi connectivity index (χ1) is 12.9. The van der Waals surface area contributed by atoms with Crippen LogP contribution in [0.2, 0.25) is 0 Å². The molecule has 2 rings (SSSR count). The second-order valence-electron chi connectivity index (χ2n) is 6.59. The monoisotopic (exact) mass is 375 g/mol. The van der Waals surface area contributed by atoms with Gasteiger partial charge in [-0.15, -0.1) is 0 Å². The summed E-state index contributed by atoms with van der Waals surface area (Å²) in [5.74, 6) is 1.22. The summed E-state index contributed by atoms with van der Waals surface area (Å²) in [6.07, 6.45) is 0.679. The number of nitrogens with zero attached hydrogens (tertiary/aromatic N) is 2. The molecule has 1 unspecified atom stereocenters. The summed E-state index contributed by atoms with van der Waals surface area (Å²) in [6, 6.07) is 6.63. The second-order valence-corrected chi connectivity index (χ2v) is 6.59. The van der Waals surface area contributed by atoms with E-state index in [4.69, 9.17) is 14.0 Å². The Morgan fingerprint density at radius 2 is 1.93 bits per heavy atom. The van der Waals surface area contributed by atoms with E-state index in [9.17, 15) is 9.59 Å².